The Morgan fingerprint density at radius 1 is 1.17 bits per heavy atom. The number of para-hydroxylation sites is 1. The van der Waals surface area contributed by atoms with Crippen molar-refractivity contribution in [3.8, 4) is 0 Å². The molecule has 3 rings (SSSR count). The first-order chi connectivity index (χ1) is 10.5. The lowest BCUT2D eigenvalue weighted by atomic mass is 10.2. The molecule has 0 aliphatic carbocycles. The van der Waals surface area contributed by atoms with E-state index in [1.54, 1.807) is 6.07 Å². The van der Waals surface area contributed by atoms with Crippen molar-refractivity contribution in [1.29, 1.82) is 0 Å². The van der Waals surface area contributed by atoms with E-state index in [-0.39, 0.29) is 12.4 Å². The van der Waals surface area contributed by atoms with E-state index < -0.39 is 10.0 Å². The van der Waals surface area contributed by atoms with Gasteiger partial charge in [-0.3, -0.25) is 4.31 Å². The number of benzene rings is 2. The maximum atomic E-state index is 13.2. The molecule has 124 valence electrons. The van der Waals surface area contributed by atoms with E-state index in [9.17, 15) is 8.42 Å². The van der Waals surface area contributed by atoms with E-state index in [0.29, 0.717) is 24.5 Å². The number of aryl methyl sites for hydroxylation is 1. The van der Waals surface area contributed by atoms with E-state index in [1.807, 2.05) is 43.3 Å². The smallest absolute Gasteiger partial charge is 0.264 e. The normalized spacial score (nSPS) is 14.6. The fourth-order valence-corrected chi connectivity index (χ4v) is 4.92. The number of nitrogens with zero attached hydrogens (tertiary/aromatic N) is 1. The number of sulfonamides is 1. The van der Waals surface area contributed by atoms with Crippen LogP contribution in [-0.4, -0.2) is 21.5 Å². The van der Waals surface area contributed by atoms with Crippen LogP contribution < -0.4 is 9.62 Å². The van der Waals surface area contributed by atoms with Crippen molar-refractivity contribution < 1.29 is 8.42 Å². The third-order valence-electron chi connectivity index (χ3n) is 3.79. The second kappa shape index (κ2) is 7.21. The fourth-order valence-electron chi connectivity index (χ4n) is 2.65. The van der Waals surface area contributed by atoms with Crippen molar-refractivity contribution in [3.63, 3.8) is 0 Å². The molecule has 2 aromatic rings. The monoisotopic (exact) mass is 416 g/mol. The summed E-state index contributed by atoms with van der Waals surface area (Å²) in [7, 11) is -3.59. The van der Waals surface area contributed by atoms with Crippen LogP contribution in [-0.2, 0) is 16.6 Å². The van der Waals surface area contributed by atoms with Crippen molar-refractivity contribution in [2.45, 2.75) is 18.4 Å². The zero-order chi connectivity index (χ0) is 15.7. The molecule has 1 aliphatic rings. The standard InChI is InChI=1S/C16H17BrN2O2S.ClH/c1-12-6-7-14(17)10-16(12)22(20,21)19-9-8-18-11-13-4-2-3-5-15(13)19;/h2-7,10,18H,8-9,11H2,1H3;1H. The number of rotatable bonds is 2. The van der Waals surface area contributed by atoms with Crippen LogP contribution in [0.5, 0.6) is 0 Å². The van der Waals surface area contributed by atoms with Gasteiger partial charge in [0, 0.05) is 24.1 Å². The molecule has 1 aliphatic heterocycles. The summed E-state index contributed by atoms with van der Waals surface area (Å²) in [6.45, 7) is 3.55. The Morgan fingerprint density at radius 3 is 2.70 bits per heavy atom. The van der Waals surface area contributed by atoms with Gasteiger partial charge < -0.3 is 5.32 Å². The summed E-state index contributed by atoms with van der Waals surface area (Å²) >= 11 is 3.36. The minimum absolute atomic E-state index is 0. The molecule has 0 saturated carbocycles. The molecule has 0 spiro atoms. The quantitative estimate of drug-likeness (QED) is 0.814. The minimum Gasteiger partial charge on any atom is -0.311 e. The molecule has 0 aromatic heterocycles. The molecule has 2 aromatic carbocycles. The third-order valence-corrected chi connectivity index (χ3v) is 6.23. The van der Waals surface area contributed by atoms with E-state index in [0.717, 1.165) is 21.3 Å². The second-order valence-corrected chi connectivity index (χ2v) is 8.04. The van der Waals surface area contributed by atoms with Crippen LogP contribution in [0.3, 0.4) is 0 Å². The Balaban J connectivity index is 0.00000192. The maximum absolute atomic E-state index is 13.2. The molecule has 23 heavy (non-hydrogen) atoms. The van der Waals surface area contributed by atoms with Crippen molar-refractivity contribution in [2.75, 3.05) is 17.4 Å². The SMILES string of the molecule is Cc1ccc(Br)cc1S(=O)(=O)N1CCNCc2ccccc21.Cl. The Hall–Kier alpha value is -1.08. The molecule has 0 bridgehead atoms. The second-order valence-electron chi connectivity index (χ2n) is 5.29. The first kappa shape index (κ1) is 18.3. The Labute approximate surface area is 151 Å². The highest BCUT2D eigenvalue weighted by atomic mass is 79.9. The molecule has 1 heterocycles. The van der Waals surface area contributed by atoms with Gasteiger partial charge in [-0.25, -0.2) is 8.42 Å². The van der Waals surface area contributed by atoms with Gasteiger partial charge in [0.05, 0.1) is 10.6 Å². The van der Waals surface area contributed by atoms with Gasteiger partial charge in [-0.05, 0) is 36.2 Å². The summed E-state index contributed by atoms with van der Waals surface area (Å²) in [5.41, 5.74) is 2.50. The Kier molecular flexibility index (Phi) is 5.73. The van der Waals surface area contributed by atoms with E-state index in [1.165, 1.54) is 4.31 Å². The summed E-state index contributed by atoms with van der Waals surface area (Å²) in [5.74, 6) is 0. The predicted molar refractivity (Wildman–Crippen MR) is 98.8 cm³/mol. The third kappa shape index (κ3) is 3.55. The van der Waals surface area contributed by atoms with Gasteiger partial charge in [0.2, 0.25) is 0 Å². The molecule has 7 heteroatoms. The fraction of sp³-hybridized carbons (Fsp3) is 0.250. The number of fused-ring (bicyclic) bond motifs is 1. The van der Waals surface area contributed by atoms with E-state index in [2.05, 4.69) is 21.2 Å². The molecule has 1 N–H and O–H groups in total. The van der Waals surface area contributed by atoms with Crippen LogP contribution >= 0.6 is 28.3 Å². The van der Waals surface area contributed by atoms with Crippen LogP contribution in [0.2, 0.25) is 0 Å². The summed E-state index contributed by atoms with van der Waals surface area (Å²) in [5, 5.41) is 3.27. The molecule has 4 nitrogen and oxygen atoms in total. The summed E-state index contributed by atoms with van der Waals surface area (Å²) in [6, 6.07) is 13.0. The largest absolute Gasteiger partial charge is 0.311 e. The van der Waals surface area contributed by atoms with Gasteiger partial charge >= 0.3 is 0 Å². The van der Waals surface area contributed by atoms with Gasteiger partial charge in [0.15, 0.2) is 0 Å². The van der Waals surface area contributed by atoms with Crippen LogP contribution in [0.4, 0.5) is 5.69 Å². The van der Waals surface area contributed by atoms with Crippen molar-refractivity contribution in [3.05, 3.63) is 58.1 Å². The average Bonchev–Trinajstić information content (AvgIpc) is 2.72. The van der Waals surface area contributed by atoms with Crippen molar-refractivity contribution in [1.82, 2.24) is 5.32 Å². The zero-order valence-corrected chi connectivity index (χ0v) is 15.8. The first-order valence-corrected chi connectivity index (χ1v) is 9.31. The molecule has 0 amide bonds. The van der Waals surface area contributed by atoms with Gasteiger partial charge in [-0.2, -0.15) is 0 Å². The highest BCUT2D eigenvalue weighted by Gasteiger charge is 2.29. The summed E-state index contributed by atoms with van der Waals surface area (Å²) < 4.78 is 28.6. The van der Waals surface area contributed by atoms with Crippen LogP contribution in [0, 0.1) is 6.92 Å². The van der Waals surface area contributed by atoms with Gasteiger partial charge in [-0.1, -0.05) is 40.2 Å². The molecule has 0 unspecified atom stereocenters. The van der Waals surface area contributed by atoms with Gasteiger partial charge in [0.1, 0.15) is 0 Å². The number of halogens is 2. The van der Waals surface area contributed by atoms with Crippen LogP contribution in [0.1, 0.15) is 11.1 Å². The molecule has 0 radical (unpaired) electrons. The highest BCUT2D eigenvalue weighted by Crippen LogP contribution is 2.30. The number of hydrogen-bond acceptors (Lipinski definition) is 3. The van der Waals surface area contributed by atoms with E-state index in [4.69, 9.17) is 0 Å². The highest BCUT2D eigenvalue weighted by molar-refractivity contribution is 9.10. The molecule has 0 saturated heterocycles. The number of nitrogens with one attached hydrogen (secondary N) is 1. The number of hydrogen-bond donors (Lipinski definition) is 1. The lowest BCUT2D eigenvalue weighted by molar-refractivity contribution is 0.589. The summed E-state index contributed by atoms with van der Waals surface area (Å²) in [6.07, 6.45) is 0. The lowest BCUT2D eigenvalue weighted by Crippen LogP contribution is -2.35. The Bertz CT molecular complexity index is 811. The van der Waals surface area contributed by atoms with Crippen molar-refractivity contribution in [2.24, 2.45) is 0 Å². The van der Waals surface area contributed by atoms with Crippen LogP contribution in [0.25, 0.3) is 0 Å². The molecule has 0 atom stereocenters. The van der Waals surface area contributed by atoms with Crippen molar-refractivity contribution >= 4 is 44.0 Å². The van der Waals surface area contributed by atoms with Gasteiger partial charge in [-0.15, -0.1) is 12.4 Å². The zero-order valence-electron chi connectivity index (χ0n) is 12.6. The summed E-state index contributed by atoms with van der Waals surface area (Å²) in [4.78, 5) is 0.346. The molecular formula is C16H18BrClN2O2S. The molecular weight excluding hydrogens is 400 g/mol. The predicted octanol–water partition coefficient (Wildman–Crippen LogP) is 3.48. The van der Waals surface area contributed by atoms with Crippen LogP contribution in [0.15, 0.2) is 51.8 Å². The maximum Gasteiger partial charge on any atom is 0.264 e. The number of anilines is 1. The topological polar surface area (TPSA) is 49.4 Å². The van der Waals surface area contributed by atoms with E-state index >= 15 is 0 Å². The first-order valence-electron chi connectivity index (χ1n) is 7.07. The Morgan fingerprint density at radius 2 is 1.91 bits per heavy atom. The molecule has 0 fully saturated rings. The van der Waals surface area contributed by atoms with Gasteiger partial charge in [0.25, 0.3) is 10.0 Å². The minimum atomic E-state index is -3.59. The lowest BCUT2D eigenvalue weighted by Gasteiger charge is -2.25. The average molecular weight is 418 g/mol.